The molecule has 0 aliphatic heterocycles. The Bertz CT molecular complexity index is 439. The predicted molar refractivity (Wildman–Crippen MR) is 84.3 cm³/mol. The number of hydrogen-bond donors (Lipinski definition) is 1. The van der Waals surface area contributed by atoms with Gasteiger partial charge in [0.25, 0.3) is 0 Å². The highest BCUT2D eigenvalue weighted by atomic mass is 14.7. The van der Waals surface area contributed by atoms with Gasteiger partial charge in [-0.2, -0.15) is 0 Å². The number of nitrogens with two attached hydrogens (primary N) is 1. The van der Waals surface area contributed by atoms with Gasteiger partial charge in [0.05, 0.1) is 0 Å². The summed E-state index contributed by atoms with van der Waals surface area (Å²) >= 11 is 0. The maximum Gasteiger partial charge on any atom is 0.0226 e. The smallest absolute Gasteiger partial charge is 0.0226 e. The Hall–Kier alpha value is -0.300. The molecule has 6 atom stereocenters. The van der Waals surface area contributed by atoms with E-state index < -0.39 is 0 Å². The Morgan fingerprint density at radius 1 is 1.00 bits per heavy atom. The lowest BCUT2D eigenvalue weighted by Gasteiger charge is -2.58. The van der Waals surface area contributed by atoms with E-state index in [2.05, 4.69) is 19.9 Å². The lowest BCUT2D eigenvalue weighted by molar-refractivity contribution is -0.0366. The van der Waals surface area contributed by atoms with Gasteiger partial charge >= 0.3 is 0 Å². The van der Waals surface area contributed by atoms with Crippen LogP contribution in [0.1, 0.15) is 71.6 Å². The third-order valence-corrected chi connectivity index (χ3v) is 7.93. The Morgan fingerprint density at radius 2 is 1.85 bits per heavy atom. The molecule has 112 valence electrons. The molecule has 0 aromatic rings. The molecule has 0 amide bonds. The second kappa shape index (κ2) is 4.35. The largest absolute Gasteiger partial charge is 0.324 e. The van der Waals surface area contributed by atoms with Gasteiger partial charge in [-0.25, -0.2) is 0 Å². The van der Waals surface area contributed by atoms with Crippen molar-refractivity contribution in [2.75, 3.05) is 0 Å². The fourth-order valence-electron chi connectivity index (χ4n) is 6.75. The first-order valence-electron chi connectivity index (χ1n) is 9.00. The van der Waals surface area contributed by atoms with Gasteiger partial charge < -0.3 is 5.73 Å². The first kappa shape index (κ1) is 13.4. The SMILES string of the molecule is C[C@@]12CCC[C@H]1[C@@H]1CCC3=CC(N)CC[C@]3(C)[C@H]1CC2. The zero-order valence-electron chi connectivity index (χ0n) is 13.3. The highest BCUT2D eigenvalue weighted by Crippen LogP contribution is 2.65. The average Bonchev–Trinajstić information content (AvgIpc) is 2.81. The van der Waals surface area contributed by atoms with Gasteiger partial charge in [-0.05, 0) is 80.0 Å². The summed E-state index contributed by atoms with van der Waals surface area (Å²) in [5.41, 5.74) is 9.14. The van der Waals surface area contributed by atoms with Crippen molar-refractivity contribution in [3.05, 3.63) is 11.6 Å². The van der Waals surface area contributed by atoms with Crippen LogP contribution in [0.3, 0.4) is 0 Å². The summed E-state index contributed by atoms with van der Waals surface area (Å²) in [6.07, 6.45) is 15.3. The zero-order chi connectivity index (χ0) is 14.0. The van der Waals surface area contributed by atoms with Gasteiger partial charge in [0.15, 0.2) is 0 Å². The molecular weight excluding hydrogens is 242 g/mol. The van der Waals surface area contributed by atoms with Gasteiger partial charge in [-0.3, -0.25) is 0 Å². The van der Waals surface area contributed by atoms with Gasteiger partial charge in [0.1, 0.15) is 0 Å². The highest BCUT2D eigenvalue weighted by Gasteiger charge is 2.55. The number of rotatable bonds is 0. The third kappa shape index (κ3) is 1.71. The Kier molecular flexibility index (Phi) is 2.91. The molecule has 0 aromatic carbocycles. The van der Waals surface area contributed by atoms with Crippen molar-refractivity contribution >= 4 is 0 Å². The third-order valence-electron chi connectivity index (χ3n) is 7.93. The van der Waals surface area contributed by atoms with Crippen LogP contribution < -0.4 is 5.73 Å². The van der Waals surface area contributed by atoms with Crippen LogP contribution in [0.4, 0.5) is 0 Å². The Labute approximate surface area is 124 Å². The summed E-state index contributed by atoms with van der Waals surface area (Å²) in [5.74, 6) is 3.02. The molecule has 20 heavy (non-hydrogen) atoms. The van der Waals surface area contributed by atoms with E-state index in [1.807, 2.05) is 0 Å². The monoisotopic (exact) mass is 273 g/mol. The number of hydrogen-bond acceptors (Lipinski definition) is 1. The summed E-state index contributed by atoms with van der Waals surface area (Å²) in [5, 5.41) is 0. The van der Waals surface area contributed by atoms with Crippen LogP contribution in [0, 0.1) is 28.6 Å². The fraction of sp³-hybridized carbons (Fsp3) is 0.895. The summed E-state index contributed by atoms with van der Waals surface area (Å²) < 4.78 is 0. The van der Waals surface area contributed by atoms with Gasteiger partial charge in [0, 0.05) is 6.04 Å². The van der Waals surface area contributed by atoms with E-state index >= 15 is 0 Å². The summed E-state index contributed by atoms with van der Waals surface area (Å²) in [6, 6.07) is 0.343. The van der Waals surface area contributed by atoms with Crippen LogP contribution in [-0.4, -0.2) is 6.04 Å². The summed E-state index contributed by atoms with van der Waals surface area (Å²) in [4.78, 5) is 0. The van der Waals surface area contributed by atoms with Crippen molar-refractivity contribution in [1.29, 1.82) is 0 Å². The molecule has 0 saturated heterocycles. The van der Waals surface area contributed by atoms with Crippen LogP contribution in [0.2, 0.25) is 0 Å². The maximum atomic E-state index is 6.20. The average molecular weight is 273 g/mol. The molecule has 2 N–H and O–H groups in total. The van der Waals surface area contributed by atoms with E-state index in [1.165, 1.54) is 57.8 Å². The van der Waals surface area contributed by atoms with Gasteiger partial charge in [-0.1, -0.05) is 31.9 Å². The van der Waals surface area contributed by atoms with Crippen molar-refractivity contribution in [2.45, 2.75) is 77.7 Å². The Balaban J connectivity index is 1.68. The van der Waals surface area contributed by atoms with E-state index in [0.717, 1.165) is 17.8 Å². The molecule has 0 aromatic heterocycles. The van der Waals surface area contributed by atoms with Gasteiger partial charge in [0.2, 0.25) is 0 Å². The molecule has 1 nitrogen and oxygen atoms in total. The summed E-state index contributed by atoms with van der Waals surface area (Å²) in [6.45, 7) is 5.19. The topological polar surface area (TPSA) is 26.0 Å². The number of fused-ring (bicyclic) bond motifs is 5. The first-order valence-corrected chi connectivity index (χ1v) is 9.00. The number of allylic oxidation sites excluding steroid dienone is 1. The van der Waals surface area contributed by atoms with Crippen molar-refractivity contribution in [2.24, 2.45) is 34.3 Å². The first-order chi connectivity index (χ1) is 9.53. The molecule has 4 rings (SSSR count). The van der Waals surface area contributed by atoms with Gasteiger partial charge in [-0.15, -0.1) is 0 Å². The van der Waals surface area contributed by atoms with E-state index in [-0.39, 0.29) is 0 Å². The minimum absolute atomic E-state index is 0.343. The normalized spacial score (nSPS) is 54.6. The molecule has 0 spiro atoms. The fourth-order valence-corrected chi connectivity index (χ4v) is 6.75. The second-order valence-corrected chi connectivity index (χ2v) is 8.81. The molecule has 0 bridgehead atoms. The minimum Gasteiger partial charge on any atom is -0.324 e. The lowest BCUT2D eigenvalue weighted by atomic mass is 9.47. The zero-order valence-corrected chi connectivity index (χ0v) is 13.3. The molecule has 4 aliphatic carbocycles. The van der Waals surface area contributed by atoms with E-state index in [4.69, 9.17) is 5.73 Å². The molecule has 3 saturated carbocycles. The van der Waals surface area contributed by atoms with Crippen molar-refractivity contribution in [3.8, 4) is 0 Å². The molecule has 3 fully saturated rings. The van der Waals surface area contributed by atoms with Crippen molar-refractivity contribution in [1.82, 2.24) is 0 Å². The van der Waals surface area contributed by atoms with Crippen LogP contribution >= 0.6 is 0 Å². The molecular formula is C19H31N. The predicted octanol–water partition coefficient (Wildman–Crippen LogP) is 4.67. The molecule has 0 radical (unpaired) electrons. The van der Waals surface area contributed by atoms with Crippen molar-refractivity contribution < 1.29 is 0 Å². The van der Waals surface area contributed by atoms with Crippen LogP contribution in [0.15, 0.2) is 11.6 Å². The lowest BCUT2D eigenvalue weighted by Crippen LogP contribution is -2.50. The van der Waals surface area contributed by atoms with Crippen molar-refractivity contribution in [3.63, 3.8) is 0 Å². The molecule has 4 aliphatic rings. The quantitative estimate of drug-likeness (QED) is 0.638. The molecule has 1 unspecified atom stereocenters. The van der Waals surface area contributed by atoms with Crippen LogP contribution in [-0.2, 0) is 0 Å². The van der Waals surface area contributed by atoms with E-state index in [9.17, 15) is 0 Å². The highest BCUT2D eigenvalue weighted by molar-refractivity contribution is 5.25. The maximum absolute atomic E-state index is 6.20. The molecule has 1 heteroatoms. The van der Waals surface area contributed by atoms with E-state index in [1.54, 1.807) is 5.57 Å². The molecule has 0 heterocycles. The Morgan fingerprint density at radius 3 is 2.70 bits per heavy atom. The van der Waals surface area contributed by atoms with E-state index in [0.29, 0.717) is 16.9 Å². The summed E-state index contributed by atoms with van der Waals surface area (Å²) in [7, 11) is 0. The second-order valence-electron chi connectivity index (χ2n) is 8.81. The van der Waals surface area contributed by atoms with Crippen LogP contribution in [0.5, 0.6) is 0 Å². The van der Waals surface area contributed by atoms with Crippen LogP contribution in [0.25, 0.3) is 0 Å². The standard InChI is InChI=1S/C19H31N/c1-18-9-3-4-16(18)15-6-5-13-12-14(20)7-11-19(13,2)17(15)8-10-18/h12,14-17H,3-11,20H2,1-2H3/t14?,15-,16-,17-,18-,19-/m0/s1. The minimum atomic E-state index is 0.343.